The summed E-state index contributed by atoms with van der Waals surface area (Å²) in [4.78, 5) is 14.7. The minimum Gasteiger partial charge on any atom is -0.370 e. The van der Waals surface area contributed by atoms with Crippen molar-refractivity contribution in [1.29, 1.82) is 0 Å². The van der Waals surface area contributed by atoms with Gasteiger partial charge in [0.1, 0.15) is 0 Å². The molecule has 2 fully saturated rings. The minimum absolute atomic E-state index is 0.186. The van der Waals surface area contributed by atoms with Gasteiger partial charge in [0.25, 0.3) is 0 Å². The van der Waals surface area contributed by atoms with Gasteiger partial charge in [0.15, 0.2) is 0 Å². The molecule has 3 rings (SSSR count). The molecule has 0 aromatic heterocycles. The molecule has 0 bridgehead atoms. The van der Waals surface area contributed by atoms with Crippen molar-refractivity contribution < 1.29 is 4.79 Å². The Morgan fingerprint density at radius 1 is 1.05 bits per heavy atom. The van der Waals surface area contributed by atoms with E-state index in [0.29, 0.717) is 12.3 Å². The van der Waals surface area contributed by atoms with Crippen LogP contribution in [0.3, 0.4) is 0 Å². The molecule has 0 unspecified atom stereocenters. The van der Waals surface area contributed by atoms with E-state index in [1.54, 1.807) is 0 Å². The summed E-state index contributed by atoms with van der Waals surface area (Å²) in [6.07, 6.45) is 9.56. The molecule has 1 aliphatic heterocycles. The van der Waals surface area contributed by atoms with Crippen LogP contribution in [0, 0.1) is 5.92 Å². The summed E-state index contributed by atoms with van der Waals surface area (Å²) < 4.78 is 0. The van der Waals surface area contributed by atoms with Crippen LogP contribution in [0.25, 0.3) is 0 Å². The molecular formula is C18H26N2O. The summed E-state index contributed by atoms with van der Waals surface area (Å²) in [6, 6.07) is 8.25. The van der Waals surface area contributed by atoms with Crippen molar-refractivity contribution in [2.75, 3.05) is 23.3 Å². The van der Waals surface area contributed by atoms with Crippen LogP contribution in [0.15, 0.2) is 24.3 Å². The zero-order chi connectivity index (χ0) is 14.5. The lowest BCUT2D eigenvalue weighted by Gasteiger charge is -2.30. The second-order valence-electron chi connectivity index (χ2n) is 6.47. The lowest BCUT2D eigenvalue weighted by molar-refractivity contribution is -0.117. The van der Waals surface area contributed by atoms with Gasteiger partial charge in [0.05, 0.1) is 11.4 Å². The van der Waals surface area contributed by atoms with Gasteiger partial charge in [-0.3, -0.25) is 4.79 Å². The number of hydrogen-bond acceptors (Lipinski definition) is 2. The largest absolute Gasteiger partial charge is 0.370 e. The molecule has 0 atom stereocenters. The van der Waals surface area contributed by atoms with Gasteiger partial charge < -0.3 is 10.2 Å². The Kier molecular flexibility index (Phi) is 4.79. The zero-order valence-corrected chi connectivity index (χ0v) is 12.8. The Balaban J connectivity index is 1.65. The zero-order valence-electron chi connectivity index (χ0n) is 12.8. The van der Waals surface area contributed by atoms with E-state index in [0.717, 1.165) is 18.8 Å². The number of nitrogens with zero attached hydrogens (tertiary/aromatic N) is 1. The van der Waals surface area contributed by atoms with Gasteiger partial charge in [-0.05, 0) is 50.2 Å². The highest BCUT2D eigenvalue weighted by Gasteiger charge is 2.20. The van der Waals surface area contributed by atoms with Crippen LogP contribution in [-0.2, 0) is 4.79 Å². The third-order valence-electron chi connectivity index (χ3n) is 4.82. The van der Waals surface area contributed by atoms with Gasteiger partial charge in [0, 0.05) is 19.5 Å². The number of benzene rings is 1. The minimum atomic E-state index is 0.186. The summed E-state index contributed by atoms with van der Waals surface area (Å²) in [5.41, 5.74) is 2.18. The summed E-state index contributed by atoms with van der Waals surface area (Å²) >= 11 is 0. The fraction of sp³-hybridized carbons (Fsp3) is 0.611. The standard InChI is InChI=1S/C18H26N2O/c21-18(14-15-8-2-3-9-15)19-16-10-4-5-11-17(16)20-12-6-1-7-13-20/h4-5,10-11,15H,1-3,6-9,12-14H2,(H,19,21). The number of piperidine rings is 1. The number of para-hydroxylation sites is 2. The number of rotatable bonds is 4. The highest BCUT2D eigenvalue weighted by molar-refractivity contribution is 5.94. The third-order valence-corrected chi connectivity index (χ3v) is 4.82. The number of carbonyl (C=O) groups excluding carboxylic acids is 1. The van der Waals surface area contributed by atoms with Crippen molar-refractivity contribution in [3.63, 3.8) is 0 Å². The van der Waals surface area contributed by atoms with Crippen LogP contribution in [0.5, 0.6) is 0 Å². The van der Waals surface area contributed by atoms with Crippen LogP contribution in [0.2, 0.25) is 0 Å². The van der Waals surface area contributed by atoms with Gasteiger partial charge in [-0.15, -0.1) is 0 Å². The molecule has 1 aromatic rings. The van der Waals surface area contributed by atoms with E-state index in [2.05, 4.69) is 22.3 Å². The molecule has 3 nitrogen and oxygen atoms in total. The maximum Gasteiger partial charge on any atom is 0.224 e. The smallest absolute Gasteiger partial charge is 0.224 e. The van der Waals surface area contributed by atoms with Gasteiger partial charge >= 0.3 is 0 Å². The second-order valence-corrected chi connectivity index (χ2v) is 6.47. The number of hydrogen-bond donors (Lipinski definition) is 1. The molecule has 2 aliphatic rings. The first-order chi connectivity index (χ1) is 10.3. The lowest BCUT2D eigenvalue weighted by atomic mass is 10.0. The molecule has 114 valence electrons. The Morgan fingerprint density at radius 2 is 1.76 bits per heavy atom. The third kappa shape index (κ3) is 3.78. The number of carbonyl (C=O) groups is 1. The first-order valence-corrected chi connectivity index (χ1v) is 8.47. The van der Waals surface area contributed by atoms with E-state index in [-0.39, 0.29) is 5.91 Å². The SMILES string of the molecule is O=C(CC1CCCC1)Nc1ccccc1N1CCCCC1. The Bertz CT molecular complexity index is 474. The van der Waals surface area contributed by atoms with Crippen molar-refractivity contribution in [2.45, 2.75) is 51.4 Å². The number of anilines is 2. The Morgan fingerprint density at radius 3 is 2.52 bits per heavy atom. The van der Waals surface area contributed by atoms with E-state index in [1.807, 2.05) is 12.1 Å². The molecule has 1 N–H and O–H groups in total. The summed E-state index contributed by atoms with van der Waals surface area (Å²) in [6.45, 7) is 2.21. The molecule has 1 aliphatic carbocycles. The number of nitrogens with one attached hydrogen (secondary N) is 1. The maximum absolute atomic E-state index is 12.3. The molecular weight excluding hydrogens is 260 g/mol. The fourth-order valence-corrected chi connectivity index (χ4v) is 3.67. The van der Waals surface area contributed by atoms with Crippen LogP contribution in [0.1, 0.15) is 51.4 Å². The molecule has 0 radical (unpaired) electrons. The van der Waals surface area contributed by atoms with E-state index >= 15 is 0 Å². The first kappa shape index (κ1) is 14.4. The Hall–Kier alpha value is -1.51. The molecule has 21 heavy (non-hydrogen) atoms. The predicted molar refractivity (Wildman–Crippen MR) is 87.7 cm³/mol. The van der Waals surface area contributed by atoms with Crippen molar-refractivity contribution in [3.8, 4) is 0 Å². The van der Waals surface area contributed by atoms with Crippen molar-refractivity contribution in [1.82, 2.24) is 0 Å². The van der Waals surface area contributed by atoms with Crippen LogP contribution >= 0.6 is 0 Å². The maximum atomic E-state index is 12.3. The summed E-state index contributed by atoms with van der Waals surface area (Å²) in [5, 5.41) is 3.15. The fourth-order valence-electron chi connectivity index (χ4n) is 3.67. The van der Waals surface area contributed by atoms with Gasteiger partial charge in [-0.25, -0.2) is 0 Å². The average Bonchev–Trinajstić information content (AvgIpc) is 3.01. The quantitative estimate of drug-likeness (QED) is 0.900. The van der Waals surface area contributed by atoms with E-state index in [4.69, 9.17) is 0 Å². The first-order valence-electron chi connectivity index (χ1n) is 8.47. The van der Waals surface area contributed by atoms with Crippen LogP contribution in [0.4, 0.5) is 11.4 Å². The molecule has 3 heteroatoms. The molecule has 1 amide bonds. The van der Waals surface area contributed by atoms with Crippen molar-refractivity contribution in [2.24, 2.45) is 5.92 Å². The normalized spacial score (nSPS) is 19.7. The predicted octanol–water partition coefficient (Wildman–Crippen LogP) is 4.20. The van der Waals surface area contributed by atoms with Crippen molar-refractivity contribution in [3.05, 3.63) is 24.3 Å². The average molecular weight is 286 g/mol. The lowest BCUT2D eigenvalue weighted by Crippen LogP contribution is -2.30. The van der Waals surface area contributed by atoms with Gasteiger partial charge in [-0.2, -0.15) is 0 Å². The van der Waals surface area contributed by atoms with Crippen molar-refractivity contribution >= 4 is 17.3 Å². The van der Waals surface area contributed by atoms with E-state index in [9.17, 15) is 4.79 Å². The molecule has 1 saturated carbocycles. The topological polar surface area (TPSA) is 32.3 Å². The van der Waals surface area contributed by atoms with Gasteiger partial charge in [0.2, 0.25) is 5.91 Å². The molecule has 1 aromatic carbocycles. The molecule has 1 heterocycles. The highest BCUT2D eigenvalue weighted by atomic mass is 16.1. The molecule has 1 saturated heterocycles. The molecule has 0 spiro atoms. The van der Waals surface area contributed by atoms with E-state index in [1.165, 1.54) is 50.6 Å². The summed E-state index contributed by atoms with van der Waals surface area (Å²) in [7, 11) is 0. The number of amides is 1. The highest BCUT2D eigenvalue weighted by Crippen LogP contribution is 2.30. The van der Waals surface area contributed by atoms with Crippen LogP contribution in [-0.4, -0.2) is 19.0 Å². The van der Waals surface area contributed by atoms with E-state index < -0.39 is 0 Å². The second kappa shape index (κ2) is 6.97. The van der Waals surface area contributed by atoms with Gasteiger partial charge in [-0.1, -0.05) is 25.0 Å². The monoisotopic (exact) mass is 286 g/mol. The summed E-state index contributed by atoms with van der Waals surface area (Å²) in [5.74, 6) is 0.790. The van der Waals surface area contributed by atoms with Crippen LogP contribution < -0.4 is 10.2 Å². The Labute approximate surface area is 127 Å².